The van der Waals surface area contributed by atoms with E-state index in [1.165, 1.54) is 0 Å². The molecule has 1 aliphatic carbocycles. The summed E-state index contributed by atoms with van der Waals surface area (Å²) in [7, 11) is 1.78. The average molecular weight is 262 g/mol. The first-order valence-corrected chi connectivity index (χ1v) is 6.83. The van der Waals surface area contributed by atoms with Crippen LogP contribution in [0, 0.1) is 6.92 Å². The van der Waals surface area contributed by atoms with Crippen LogP contribution in [0.2, 0.25) is 0 Å². The number of phenolic OH excluding ortho intramolecular Hbond substituents is 1. The van der Waals surface area contributed by atoms with E-state index in [9.17, 15) is 9.90 Å². The van der Waals surface area contributed by atoms with Crippen LogP contribution in [0.1, 0.15) is 41.6 Å². The Kier molecular flexibility index (Phi) is 4.10. The molecular formula is C15H22N2O2. The Bertz CT molecular complexity index is 473. The number of hydrogen-bond acceptors (Lipinski definition) is 3. The summed E-state index contributed by atoms with van der Waals surface area (Å²) in [6, 6.07) is 5.23. The maximum atomic E-state index is 12.4. The van der Waals surface area contributed by atoms with Crippen molar-refractivity contribution in [2.45, 2.75) is 44.7 Å². The van der Waals surface area contributed by atoms with Gasteiger partial charge in [-0.05, 0) is 37.5 Å². The summed E-state index contributed by atoms with van der Waals surface area (Å²) in [4.78, 5) is 14.1. The molecule has 1 aromatic carbocycles. The summed E-state index contributed by atoms with van der Waals surface area (Å²) >= 11 is 0. The number of amides is 1. The van der Waals surface area contributed by atoms with Crippen LogP contribution in [0.3, 0.4) is 0 Å². The third-order valence-corrected chi connectivity index (χ3v) is 3.98. The summed E-state index contributed by atoms with van der Waals surface area (Å²) in [5.41, 5.74) is 7.39. The Balaban J connectivity index is 2.18. The van der Waals surface area contributed by atoms with Gasteiger partial charge in [0, 0.05) is 19.1 Å². The molecule has 0 heterocycles. The summed E-state index contributed by atoms with van der Waals surface area (Å²) in [6.07, 6.45) is 4.14. The van der Waals surface area contributed by atoms with E-state index in [1.54, 1.807) is 24.1 Å². The molecule has 0 saturated heterocycles. The van der Waals surface area contributed by atoms with Gasteiger partial charge in [-0.15, -0.1) is 0 Å². The van der Waals surface area contributed by atoms with Crippen molar-refractivity contribution in [3.05, 3.63) is 29.3 Å². The smallest absolute Gasteiger partial charge is 0.257 e. The first-order chi connectivity index (χ1) is 9.00. The summed E-state index contributed by atoms with van der Waals surface area (Å²) in [5.74, 6) is -0.110. The molecule has 2 atom stereocenters. The minimum absolute atomic E-state index is 0.0373. The van der Waals surface area contributed by atoms with Gasteiger partial charge in [0.15, 0.2) is 0 Å². The number of carbonyl (C=O) groups excluding carboxylic acids is 1. The van der Waals surface area contributed by atoms with E-state index < -0.39 is 0 Å². The second kappa shape index (κ2) is 5.61. The number of likely N-dealkylation sites (N-methyl/N-ethyl adjacent to an activating group) is 1. The predicted octanol–water partition coefficient (Wildman–Crippen LogP) is 2.04. The first-order valence-electron chi connectivity index (χ1n) is 6.83. The molecule has 104 valence electrons. The maximum absolute atomic E-state index is 12.4. The Morgan fingerprint density at radius 1 is 1.37 bits per heavy atom. The molecule has 1 aliphatic rings. The van der Waals surface area contributed by atoms with Crippen LogP contribution in [-0.2, 0) is 0 Å². The van der Waals surface area contributed by atoms with Crippen LogP contribution >= 0.6 is 0 Å². The molecule has 1 aromatic rings. The van der Waals surface area contributed by atoms with Crippen LogP contribution in [0.15, 0.2) is 18.2 Å². The number of hydrogen-bond donors (Lipinski definition) is 2. The van der Waals surface area contributed by atoms with E-state index in [2.05, 4.69) is 0 Å². The number of carbonyl (C=O) groups is 1. The lowest BCUT2D eigenvalue weighted by molar-refractivity contribution is 0.0669. The highest BCUT2D eigenvalue weighted by molar-refractivity contribution is 5.97. The van der Waals surface area contributed by atoms with E-state index in [0.717, 1.165) is 31.2 Å². The normalized spacial score (nSPS) is 23.1. The number of nitrogens with two attached hydrogens (primary N) is 1. The molecule has 0 aromatic heterocycles. The summed E-state index contributed by atoms with van der Waals surface area (Å²) in [6.45, 7) is 1.88. The minimum Gasteiger partial charge on any atom is -0.507 e. The van der Waals surface area contributed by atoms with E-state index in [1.807, 2.05) is 13.0 Å². The molecule has 2 unspecified atom stereocenters. The maximum Gasteiger partial charge on any atom is 0.257 e. The Morgan fingerprint density at radius 3 is 2.68 bits per heavy atom. The molecule has 1 saturated carbocycles. The molecule has 1 amide bonds. The lowest BCUT2D eigenvalue weighted by Crippen LogP contribution is -2.50. The van der Waals surface area contributed by atoms with Crippen molar-refractivity contribution < 1.29 is 9.90 Å². The van der Waals surface area contributed by atoms with Crippen molar-refractivity contribution in [3.8, 4) is 5.75 Å². The molecule has 2 rings (SSSR count). The SMILES string of the molecule is Cc1ccc(C(=O)N(C)C2CCCCC2N)c(O)c1. The fourth-order valence-electron chi connectivity index (χ4n) is 2.78. The van der Waals surface area contributed by atoms with Gasteiger partial charge >= 0.3 is 0 Å². The third-order valence-electron chi connectivity index (χ3n) is 3.98. The number of aromatic hydroxyl groups is 1. The number of phenols is 1. The topological polar surface area (TPSA) is 66.6 Å². The van der Waals surface area contributed by atoms with Crippen LogP contribution in [0.4, 0.5) is 0 Å². The zero-order valence-corrected chi connectivity index (χ0v) is 11.6. The van der Waals surface area contributed by atoms with Gasteiger partial charge < -0.3 is 15.7 Å². The Morgan fingerprint density at radius 2 is 2.05 bits per heavy atom. The minimum atomic E-state index is -0.153. The largest absolute Gasteiger partial charge is 0.507 e. The van der Waals surface area contributed by atoms with E-state index in [-0.39, 0.29) is 23.7 Å². The van der Waals surface area contributed by atoms with Crippen molar-refractivity contribution in [2.24, 2.45) is 5.73 Å². The summed E-state index contributed by atoms with van der Waals surface area (Å²) in [5, 5.41) is 9.90. The molecule has 0 aliphatic heterocycles. The molecule has 4 heteroatoms. The van der Waals surface area contributed by atoms with Crippen molar-refractivity contribution >= 4 is 5.91 Å². The number of benzene rings is 1. The lowest BCUT2D eigenvalue weighted by Gasteiger charge is -2.36. The van der Waals surface area contributed by atoms with E-state index in [0.29, 0.717) is 5.56 Å². The van der Waals surface area contributed by atoms with Crippen molar-refractivity contribution in [3.63, 3.8) is 0 Å². The zero-order chi connectivity index (χ0) is 14.0. The fourth-order valence-corrected chi connectivity index (χ4v) is 2.78. The van der Waals surface area contributed by atoms with E-state index in [4.69, 9.17) is 5.73 Å². The van der Waals surface area contributed by atoms with Gasteiger partial charge in [-0.2, -0.15) is 0 Å². The van der Waals surface area contributed by atoms with Gasteiger partial charge in [0.2, 0.25) is 0 Å². The standard InChI is InChI=1S/C15H22N2O2/c1-10-7-8-11(14(18)9-10)15(19)17(2)13-6-4-3-5-12(13)16/h7-9,12-13,18H,3-6,16H2,1-2H3. The van der Waals surface area contributed by atoms with E-state index >= 15 is 0 Å². The van der Waals surface area contributed by atoms with Crippen LogP contribution in [-0.4, -0.2) is 35.0 Å². The van der Waals surface area contributed by atoms with Crippen LogP contribution in [0.5, 0.6) is 5.75 Å². The highest BCUT2D eigenvalue weighted by Crippen LogP contribution is 2.25. The highest BCUT2D eigenvalue weighted by Gasteiger charge is 2.29. The second-order valence-corrected chi connectivity index (χ2v) is 5.45. The van der Waals surface area contributed by atoms with Gasteiger partial charge in [-0.1, -0.05) is 18.9 Å². The van der Waals surface area contributed by atoms with Gasteiger partial charge in [-0.3, -0.25) is 4.79 Å². The monoisotopic (exact) mass is 262 g/mol. The fraction of sp³-hybridized carbons (Fsp3) is 0.533. The van der Waals surface area contributed by atoms with Crippen molar-refractivity contribution in [1.82, 2.24) is 4.90 Å². The molecule has 0 spiro atoms. The lowest BCUT2D eigenvalue weighted by atomic mass is 9.89. The Labute approximate surface area is 114 Å². The zero-order valence-electron chi connectivity index (χ0n) is 11.6. The van der Waals surface area contributed by atoms with Gasteiger partial charge in [0.1, 0.15) is 5.75 Å². The molecular weight excluding hydrogens is 240 g/mol. The molecule has 0 bridgehead atoms. The second-order valence-electron chi connectivity index (χ2n) is 5.45. The predicted molar refractivity (Wildman–Crippen MR) is 75.2 cm³/mol. The van der Waals surface area contributed by atoms with Crippen molar-refractivity contribution in [2.75, 3.05) is 7.05 Å². The molecule has 1 fully saturated rings. The molecule has 19 heavy (non-hydrogen) atoms. The molecule has 4 nitrogen and oxygen atoms in total. The summed E-state index contributed by atoms with van der Waals surface area (Å²) < 4.78 is 0. The Hall–Kier alpha value is -1.55. The number of rotatable bonds is 2. The number of aryl methyl sites for hydroxylation is 1. The quantitative estimate of drug-likeness (QED) is 0.857. The molecule has 3 N–H and O–H groups in total. The molecule has 0 radical (unpaired) electrons. The van der Waals surface area contributed by atoms with Gasteiger partial charge in [0.25, 0.3) is 5.91 Å². The first kappa shape index (κ1) is 13.9. The van der Waals surface area contributed by atoms with Crippen LogP contribution in [0.25, 0.3) is 0 Å². The van der Waals surface area contributed by atoms with Gasteiger partial charge in [-0.25, -0.2) is 0 Å². The van der Waals surface area contributed by atoms with Crippen LogP contribution < -0.4 is 5.73 Å². The van der Waals surface area contributed by atoms with Gasteiger partial charge in [0.05, 0.1) is 5.56 Å². The number of nitrogens with zero attached hydrogens (tertiary/aromatic N) is 1. The van der Waals surface area contributed by atoms with Crippen molar-refractivity contribution in [1.29, 1.82) is 0 Å². The highest BCUT2D eigenvalue weighted by atomic mass is 16.3. The third kappa shape index (κ3) is 2.89. The average Bonchev–Trinajstić information content (AvgIpc) is 2.38.